The molecule has 0 unspecified atom stereocenters. The van der Waals surface area contributed by atoms with E-state index in [1.165, 1.54) is 6.07 Å². The van der Waals surface area contributed by atoms with Crippen molar-refractivity contribution in [2.45, 2.75) is 45.8 Å². The molecule has 5 nitrogen and oxygen atoms in total. The molecule has 0 radical (unpaired) electrons. The van der Waals surface area contributed by atoms with E-state index in [2.05, 4.69) is 41.6 Å². The van der Waals surface area contributed by atoms with Crippen LogP contribution in [0.2, 0.25) is 0 Å². The van der Waals surface area contributed by atoms with Crippen LogP contribution in [-0.4, -0.2) is 25.7 Å². The molecule has 20 heavy (non-hydrogen) atoms. The highest BCUT2D eigenvalue weighted by molar-refractivity contribution is 5.17. The summed E-state index contributed by atoms with van der Waals surface area (Å²) in [4.78, 5) is 0. The first-order chi connectivity index (χ1) is 9.46. The lowest BCUT2D eigenvalue weighted by Gasteiger charge is -2.19. The van der Waals surface area contributed by atoms with Crippen molar-refractivity contribution in [1.29, 1.82) is 0 Å². The molecule has 6 heteroatoms. The van der Waals surface area contributed by atoms with E-state index in [1.807, 2.05) is 6.07 Å². The van der Waals surface area contributed by atoms with Gasteiger partial charge in [0.25, 0.3) is 0 Å². The van der Waals surface area contributed by atoms with Crippen molar-refractivity contribution in [2.75, 3.05) is 0 Å². The Morgan fingerprint density at radius 1 is 1.25 bits per heavy atom. The molecule has 108 valence electrons. The second-order valence-corrected chi connectivity index (χ2v) is 5.76. The number of hydrogen-bond donors (Lipinski definition) is 1. The summed E-state index contributed by atoms with van der Waals surface area (Å²) in [6.07, 6.45) is 0.570. The highest BCUT2D eigenvalue weighted by Crippen LogP contribution is 2.08. The molecule has 0 fully saturated rings. The average Bonchev–Trinajstić information content (AvgIpc) is 2.82. The van der Waals surface area contributed by atoms with Crippen LogP contribution in [0, 0.1) is 5.82 Å². The number of aryl methyl sites for hydroxylation is 2. The second kappa shape index (κ2) is 6.09. The fourth-order valence-corrected chi connectivity index (χ4v) is 1.80. The maximum Gasteiger partial charge on any atom is 0.165 e. The minimum absolute atomic E-state index is 0.00230. The Morgan fingerprint density at radius 3 is 2.70 bits per heavy atom. The number of nitrogens with zero attached hydrogens (tertiary/aromatic N) is 4. The zero-order valence-corrected chi connectivity index (χ0v) is 12.1. The lowest BCUT2D eigenvalue weighted by molar-refractivity contribution is 0.407. The number of halogens is 1. The zero-order chi connectivity index (χ0) is 14.6. The monoisotopic (exact) mass is 277 g/mol. The van der Waals surface area contributed by atoms with Crippen LogP contribution in [0.5, 0.6) is 0 Å². The predicted molar refractivity (Wildman–Crippen MR) is 74.5 cm³/mol. The van der Waals surface area contributed by atoms with Gasteiger partial charge >= 0.3 is 0 Å². The standard InChI is InChI=1S/C14H20FN5/c1-14(2,3)16-10-13-17-18-19-20(13)9-8-11-6-4-5-7-12(11)15/h4-7,16H,8-10H2,1-3H3. The van der Waals surface area contributed by atoms with Crippen LogP contribution in [-0.2, 0) is 19.5 Å². The molecule has 2 rings (SSSR count). The van der Waals surface area contributed by atoms with E-state index in [0.29, 0.717) is 25.1 Å². The molecule has 0 aliphatic heterocycles. The normalized spacial score (nSPS) is 11.8. The van der Waals surface area contributed by atoms with Gasteiger partial charge in [0.1, 0.15) is 5.82 Å². The fraction of sp³-hybridized carbons (Fsp3) is 0.500. The van der Waals surface area contributed by atoms with E-state index in [0.717, 1.165) is 5.82 Å². The van der Waals surface area contributed by atoms with Crippen molar-refractivity contribution in [3.63, 3.8) is 0 Å². The first-order valence-electron chi connectivity index (χ1n) is 6.69. The third-order valence-electron chi connectivity index (χ3n) is 2.93. The predicted octanol–water partition coefficient (Wildman–Crippen LogP) is 1.94. The Balaban J connectivity index is 1.97. The number of rotatable bonds is 5. The molecular weight excluding hydrogens is 257 g/mol. The molecule has 0 atom stereocenters. The van der Waals surface area contributed by atoms with Crippen molar-refractivity contribution < 1.29 is 4.39 Å². The molecule has 2 aromatic rings. The number of hydrogen-bond acceptors (Lipinski definition) is 4. The van der Waals surface area contributed by atoms with E-state index in [4.69, 9.17) is 0 Å². The first-order valence-corrected chi connectivity index (χ1v) is 6.69. The highest BCUT2D eigenvalue weighted by atomic mass is 19.1. The van der Waals surface area contributed by atoms with Crippen LogP contribution < -0.4 is 5.32 Å². The van der Waals surface area contributed by atoms with Gasteiger partial charge in [-0.2, -0.15) is 0 Å². The summed E-state index contributed by atoms with van der Waals surface area (Å²) in [5, 5.41) is 15.0. The van der Waals surface area contributed by atoms with Gasteiger partial charge in [-0.25, -0.2) is 9.07 Å². The number of nitrogens with one attached hydrogen (secondary N) is 1. The van der Waals surface area contributed by atoms with Gasteiger partial charge in [-0.1, -0.05) is 18.2 Å². The second-order valence-electron chi connectivity index (χ2n) is 5.76. The lowest BCUT2D eigenvalue weighted by Crippen LogP contribution is -2.36. The van der Waals surface area contributed by atoms with Gasteiger partial charge in [0.2, 0.25) is 0 Å². The molecule has 0 aliphatic rings. The van der Waals surface area contributed by atoms with Gasteiger partial charge < -0.3 is 5.32 Å². The Hall–Kier alpha value is -1.82. The van der Waals surface area contributed by atoms with Crippen LogP contribution in [0.25, 0.3) is 0 Å². The van der Waals surface area contributed by atoms with Crippen molar-refractivity contribution in [3.05, 3.63) is 41.5 Å². The van der Waals surface area contributed by atoms with Gasteiger partial charge in [0.05, 0.1) is 6.54 Å². The van der Waals surface area contributed by atoms with Gasteiger partial charge in [-0.3, -0.25) is 0 Å². The summed E-state index contributed by atoms with van der Waals surface area (Å²) in [5.74, 6) is 0.575. The third-order valence-corrected chi connectivity index (χ3v) is 2.93. The maximum atomic E-state index is 13.5. The van der Waals surface area contributed by atoms with E-state index in [9.17, 15) is 4.39 Å². The zero-order valence-electron chi connectivity index (χ0n) is 12.1. The molecule has 1 aromatic carbocycles. The Morgan fingerprint density at radius 2 is 2.00 bits per heavy atom. The number of benzene rings is 1. The molecular formula is C14H20FN5. The van der Waals surface area contributed by atoms with Crippen LogP contribution in [0.1, 0.15) is 32.2 Å². The largest absolute Gasteiger partial charge is 0.305 e. The number of tetrazole rings is 1. The minimum atomic E-state index is -0.185. The maximum absolute atomic E-state index is 13.5. The van der Waals surface area contributed by atoms with Crippen LogP contribution >= 0.6 is 0 Å². The highest BCUT2D eigenvalue weighted by Gasteiger charge is 2.12. The lowest BCUT2D eigenvalue weighted by atomic mass is 10.1. The van der Waals surface area contributed by atoms with E-state index in [-0.39, 0.29) is 11.4 Å². The summed E-state index contributed by atoms with van der Waals surface area (Å²) in [6, 6.07) is 6.78. The molecule has 0 bridgehead atoms. The van der Waals surface area contributed by atoms with Crippen molar-refractivity contribution in [3.8, 4) is 0 Å². The summed E-state index contributed by atoms with van der Waals surface area (Å²) >= 11 is 0. The van der Waals surface area contributed by atoms with Crippen molar-refractivity contribution in [2.24, 2.45) is 0 Å². The Bertz CT molecular complexity index is 559. The van der Waals surface area contributed by atoms with Gasteiger partial charge in [-0.15, -0.1) is 5.10 Å². The van der Waals surface area contributed by atoms with Crippen molar-refractivity contribution >= 4 is 0 Å². The van der Waals surface area contributed by atoms with Gasteiger partial charge in [0, 0.05) is 12.1 Å². The summed E-state index contributed by atoms with van der Waals surface area (Å²) in [6.45, 7) is 7.41. The molecule has 0 amide bonds. The smallest absolute Gasteiger partial charge is 0.165 e. The Labute approximate surface area is 118 Å². The molecule has 1 aromatic heterocycles. The molecule has 0 saturated carbocycles. The summed E-state index contributed by atoms with van der Waals surface area (Å²) in [5.41, 5.74) is 0.681. The average molecular weight is 277 g/mol. The van der Waals surface area contributed by atoms with Crippen LogP contribution in [0.3, 0.4) is 0 Å². The quantitative estimate of drug-likeness (QED) is 0.907. The van der Waals surface area contributed by atoms with Gasteiger partial charge in [0.15, 0.2) is 5.82 Å². The minimum Gasteiger partial charge on any atom is -0.305 e. The molecule has 0 spiro atoms. The van der Waals surface area contributed by atoms with E-state index >= 15 is 0 Å². The summed E-state index contributed by atoms with van der Waals surface area (Å²) in [7, 11) is 0. The first kappa shape index (κ1) is 14.6. The molecule has 1 heterocycles. The summed E-state index contributed by atoms with van der Waals surface area (Å²) < 4.78 is 15.3. The van der Waals surface area contributed by atoms with Gasteiger partial charge in [-0.05, 0) is 49.2 Å². The van der Waals surface area contributed by atoms with E-state index < -0.39 is 0 Å². The SMILES string of the molecule is CC(C)(C)NCc1nnnn1CCc1ccccc1F. The van der Waals surface area contributed by atoms with E-state index in [1.54, 1.807) is 16.8 Å². The molecule has 0 aliphatic carbocycles. The Kier molecular flexibility index (Phi) is 4.44. The topological polar surface area (TPSA) is 55.6 Å². The van der Waals surface area contributed by atoms with Crippen LogP contribution in [0.15, 0.2) is 24.3 Å². The molecule has 1 N–H and O–H groups in total. The number of aromatic nitrogens is 4. The fourth-order valence-electron chi connectivity index (χ4n) is 1.80. The third kappa shape index (κ3) is 4.09. The van der Waals surface area contributed by atoms with Crippen LogP contribution in [0.4, 0.5) is 4.39 Å². The molecule has 0 saturated heterocycles. The van der Waals surface area contributed by atoms with Crippen molar-refractivity contribution in [1.82, 2.24) is 25.5 Å².